The smallest absolute Gasteiger partial charge is 0.122 e. The lowest BCUT2D eigenvalue weighted by Crippen LogP contribution is -2.24. The van der Waals surface area contributed by atoms with E-state index in [4.69, 9.17) is 5.73 Å². The third-order valence-corrected chi connectivity index (χ3v) is 2.88. The van der Waals surface area contributed by atoms with E-state index in [1.807, 2.05) is 6.20 Å². The maximum Gasteiger partial charge on any atom is 0.122 e. The van der Waals surface area contributed by atoms with Crippen LogP contribution in [0, 0.1) is 0 Å². The summed E-state index contributed by atoms with van der Waals surface area (Å²) in [5.41, 5.74) is 6.46. The van der Waals surface area contributed by atoms with E-state index < -0.39 is 6.17 Å². The lowest BCUT2D eigenvalue weighted by atomic mass is 9.94. The number of nitrogens with zero attached hydrogens (tertiary/aromatic N) is 2. The Morgan fingerprint density at radius 2 is 2.29 bits per heavy atom. The fourth-order valence-electron chi connectivity index (χ4n) is 2.03. The minimum atomic E-state index is -0.741. The van der Waals surface area contributed by atoms with E-state index in [0.717, 1.165) is 24.8 Å². The molecule has 0 spiro atoms. The molecule has 2 atom stereocenters. The molecule has 0 aliphatic heterocycles. The first-order chi connectivity index (χ1) is 6.81. The summed E-state index contributed by atoms with van der Waals surface area (Å²) < 4.78 is 15.3. The Bertz CT molecular complexity index is 297. The van der Waals surface area contributed by atoms with Crippen LogP contribution in [0.4, 0.5) is 4.39 Å². The van der Waals surface area contributed by atoms with Gasteiger partial charge in [0.2, 0.25) is 0 Å². The van der Waals surface area contributed by atoms with Crippen molar-refractivity contribution in [2.75, 3.05) is 0 Å². The molecular formula is C10H16FN3. The fourth-order valence-corrected chi connectivity index (χ4v) is 2.03. The number of nitrogens with two attached hydrogens (primary N) is 1. The summed E-state index contributed by atoms with van der Waals surface area (Å²) in [6.45, 7) is 0.476. The maximum atomic E-state index is 13.6. The van der Waals surface area contributed by atoms with E-state index in [1.165, 1.54) is 0 Å². The molecule has 1 saturated carbocycles. The average Bonchev–Trinajstić information content (AvgIpc) is 2.67. The molecule has 0 amide bonds. The van der Waals surface area contributed by atoms with Crippen LogP contribution in [0.2, 0.25) is 0 Å². The molecule has 14 heavy (non-hydrogen) atoms. The summed E-state index contributed by atoms with van der Waals surface area (Å²) in [7, 11) is 0. The summed E-state index contributed by atoms with van der Waals surface area (Å²) in [4.78, 5) is 0. The van der Waals surface area contributed by atoms with Crippen molar-refractivity contribution in [3.05, 3.63) is 18.0 Å². The third kappa shape index (κ3) is 1.80. The minimum absolute atomic E-state index is 0.0657. The number of halogens is 1. The minimum Gasteiger partial charge on any atom is -0.326 e. The second-order valence-electron chi connectivity index (χ2n) is 3.90. The van der Waals surface area contributed by atoms with Crippen molar-refractivity contribution >= 4 is 0 Å². The number of rotatable bonds is 2. The van der Waals surface area contributed by atoms with E-state index in [-0.39, 0.29) is 6.04 Å². The molecule has 2 rings (SSSR count). The summed E-state index contributed by atoms with van der Waals surface area (Å²) in [5, 5.41) is 4.16. The maximum absolute atomic E-state index is 13.6. The van der Waals surface area contributed by atoms with E-state index in [2.05, 4.69) is 5.10 Å². The van der Waals surface area contributed by atoms with Gasteiger partial charge in [-0.1, -0.05) is 12.8 Å². The van der Waals surface area contributed by atoms with Crippen LogP contribution in [0.15, 0.2) is 12.4 Å². The van der Waals surface area contributed by atoms with Gasteiger partial charge in [-0.3, -0.25) is 4.68 Å². The third-order valence-electron chi connectivity index (χ3n) is 2.88. The van der Waals surface area contributed by atoms with Gasteiger partial charge in [-0.25, -0.2) is 4.39 Å². The lowest BCUT2D eigenvalue weighted by Gasteiger charge is -2.25. The monoisotopic (exact) mass is 197 g/mol. The first-order valence-corrected chi connectivity index (χ1v) is 5.18. The van der Waals surface area contributed by atoms with Gasteiger partial charge in [-0.2, -0.15) is 5.10 Å². The van der Waals surface area contributed by atoms with Gasteiger partial charge in [-0.05, 0) is 12.8 Å². The zero-order valence-corrected chi connectivity index (χ0v) is 8.19. The molecule has 0 aromatic carbocycles. The normalized spacial score (nSPS) is 27.9. The SMILES string of the molecule is NCc1cnn(C2CCCCC2F)c1. The Labute approximate surface area is 83.1 Å². The Morgan fingerprint density at radius 3 is 2.93 bits per heavy atom. The van der Waals surface area contributed by atoms with Crippen LogP contribution in [0.25, 0.3) is 0 Å². The van der Waals surface area contributed by atoms with Gasteiger partial charge < -0.3 is 5.73 Å². The van der Waals surface area contributed by atoms with Crippen LogP contribution in [-0.4, -0.2) is 16.0 Å². The molecule has 0 radical (unpaired) electrons. The molecule has 1 heterocycles. The Balaban J connectivity index is 2.12. The first-order valence-electron chi connectivity index (χ1n) is 5.18. The summed E-state index contributed by atoms with van der Waals surface area (Å²) >= 11 is 0. The van der Waals surface area contributed by atoms with Crippen LogP contribution in [0.1, 0.15) is 37.3 Å². The van der Waals surface area contributed by atoms with E-state index >= 15 is 0 Å². The van der Waals surface area contributed by atoms with Crippen molar-refractivity contribution in [3.8, 4) is 0 Å². The fraction of sp³-hybridized carbons (Fsp3) is 0.700. The van der Waals surface area contributed by atoms with Crippen molar-refractivity contribution in [2.24, 2.45) is 5.73 Å². The quantitative estimate of drug-likeness (QED) is 0.785. The van der Waals surface area contributed by atoms with Crippen molar-refractivity contribution in [1.29, 1.82) is 0 Å². The molecule has 78 valence electrons. The average molecular weight is 197 g/mol. The molecule has 1 fully saturated rings. The highest BCUT2D eigenvalue weighted by Gasteiger charge is 2.26. The van der Waals surface area contributed by atoms with Crippen LogP contribution in [0.3, 0.4) is 0 Å². The largest absolute Gasteiger partial charge is 0.326 e. The van der Waals surface area contributed by atoms with E-state index in [9.17, 15) is 4.39 Å². The molecule has 4 heteroatoms. The molecule has 2 N–H and O–H groups in total. The zero-order chi connectivity index (χ0) is 9.97. The molecule has 0 saturated heterocycles. The van der Waals surface area contributed by atoms with Crippen molar-refractivity contribution in [3.63, 3.8) is 0 Å². The predicted molar refractivity (Wildman–Crippen MR) is 52.5 cm³/mol. The van der Waals surface area contributed by atoms with Crippen molar-refractivity contribution in [2.45, 2.75) is 44.4 Å². The van der Waals surface area contributed by atoms with E-state index in [1.54, 1.807) is 10.9 Å². The van der Waals surface area contributed by atoms with Crippen LogP contribution in [0.5, 0.6) is 0 Å². The molecule has 1 aliphatic rings. The van der Waals surface area contributed by atoms with E-state index in [0.29, 0.717) is 13.0 Å². The van der Waals surface area contributed by atoms with Gasteiger partial charge in [0.15, 0.2) is 0 Å². The number of hydrogen-bond donors (Lipinski definition) is 1. The lowest BCUT2D eigenvalue weighted by molar-refractivity contribution is 0.160. The molecular weight excluding hydrogens is 181 g/mol. The first kappa shape index (κ1) is 9.65. The summed E-state index contributed by atoms with van der Waals surface area (Å²) in [6, 6.07) is -0.0657. The van der Waals surface area contributed by atoms with Crippen LogP contribution in [-0.2, 0) is 6.54 Å². The van der Waals surface area contributed by atoms with Crippen molar-refractivity contribution < 1.29 is 4.39 Å². The molecule has 0 bridgehead atoms. The zero-order valence-electron chi connectivity index (χ0n) is 8.19. The van der Waals surface area contributed by atoms with Crippen molar-refractivity contribution in [1.82, 2.24) is 9.78 Å². The number of hydrogen-bond acceptors (Lipinski definition) is 2. The highest BCUT2D eigenvalue weighted by Crippen LogP contribution is 2.30. The van der Waals surface area contributed by atoms with Gasteiger partial charge in [0.05, 0.1) is 12.2 Å². The predicted octanol–water partition coefficient (Wildman–Crippen LogP) is 1.79. The molecule has 2 unspecified atom stereocenters. The van der Waals surface area contributed by atoms with Gasteiger partial charge in [0.25, 0.3) is 0 Å². The Morgan fingerprint density at radius 1 is 1.50 bits per heavy atom. The van der Waals surface area contributed by atoms with Gasteiger partial charge in [-0.15, -0.1) is 0 Å². The second-order valence-corrected chi connectivity index (χ2v) is 3.90. The highest BCUT2D eigenvalue weighted by atomic mass is 19.1. The molecule has 1 aromatic rings. The van der Waals surface area contributed by atoms with Crippen LogP contribution >= 0.6 is 0 Å². The summed E-state index contributed by atoms with van der Waals surface area (Å²) in [5.74, 6) is 0. The topological polar surface area (TPSA) is 43.8 Å². The standard InChI is InChI=1S/C10H16FN3/c11-9-3-1-2-4-10(9)14-7-8(5-12)6-13-14/h6-7,9-10H,1-5,12H2. The second kappa shape index (κ2) is 4.09. The molecule has 1 aliphatic carbocycles. The number of alkyl halides is 1. The Hall–Kier alpha value is -0.900. The van der Waals surface area contributed by atoms with Crippen LogP contribution < -0.4 is 5.73 Å². The van der Waals surface area contributed by atoms with Gasteiger partial charge in [0, 0.05) is 18.3 Å². The highest BCUT2D eigenvalue weighted by molar-refractivity contribution is 5.04. The van der Waals surface area contributed by atoms with Gasteiger partial charge >= 0.3 is 0 Å². The van der Waals surface area contributed by atoms with Gasteiger partial charge in [0.1, 0.15) is 6.17 Å². The molecule has 1 aromatic heterocycles. The Kier molecular flexibility index (Phi) is 2.82. The number of aromatic nitrogens is 2. The summed E-state index contributed by atoms with van der Waals surface area (Å²) in [6.07, 6.45) is 6.51. The molecule has 3 nitrogen and oxygen atoms in total.